The number of nitrogens with one attached hydrogen (secondary N) is 1. The summed E-state index contributed by atoms with van der Waals surface area (Å²) in [5.74, 6) is 0.141. The summed E-state index contributed by atoms with van der Waals surface area (Å²) < 4.78 is 13.0. The lowest BCUT2D eigenvalue weighted by Crippen LogP contribution is -2.18. The maximum atomic E-state index is 13.0. The predicted molar refractivity (Wildman–Crippen MR) is 99.3 cm³/mol. The second-order valence-electron chi connectivity index (χ2n) is 5.42. The zero-order valence-electron chi connectivity index (χ0n) is 12.9. The third-order valence-corrected chi connectivity index (χ3v) is 4.47. The van der Waals surface area contributed by atoms with E-state index in [9.17, 15) is 9.18 Å². The third-order valence-electron chi connectivity index (χ3n) is 3.65. The van der Waals surface area contributed by atoms with Gasteiger partial charge in [0.15, 0.2) is 0 Å². The van der Waals surface area contributed by atoms with Gasteiger partial charge >= 0.3 is 0 Å². The summed E-state index contributed by atoms with van der Waals surface area (Å²) in [4.78, 5) is 21.2. The highest BCUT2D eigenvalue weighted by Crippen LogP contribution is 2.29. The molecule has 2 heterocycles. The summed E-state index contributed by atoms with van der Waals surface area (Å²) in [6.45, 7) is 0. The molecule has 0 atom stereocenters. The Morgan fingerprint density at radius 1 is 1.12 bits per heavy atom. The molecular weight excluding hydrogens is 337 g/mol. The van der Waals surface area contributed by atoms with E-state index in [0.717, 1.165) is 33.1 Å². The SMILES string of the molecule is O=C1NC(=Nc2ccc(F)cc2)/C(=C/c2ccc3ncccc3c2)S1. The minimum atomic E-state index is -0.325. The van der Waals surface area contributed by atoms with Crippen molar-refractivity contribution >= 4 is 45.5 Å². The van der Waals surface area contributed by atoms with E-state index in [-0.39, 0.29) is 11.1 Å². The molecule has 1 fully saturated rings. The first-order chi connectivity index (χ1) is 12.2. The van der Waals surface area contributed by atoms with Crippen LogP contribution in [0.2, 0.25) is 0 Å². The number of pyridine rings is 1. The number of thioether (sulfide) groups is 1. The van der Waals surface area contributed by atoms with E-state index in [1.807, 2.05) is 36.4 Å². The fraction of sp³-hybridized carbons (Fsp3) is 0. The van der Waals surface area contributed by atoms with Gasteiger partial charge in [0, 0.05) is 11.6 Å². The molecule has 0 bridgehead atoms. The number of aliphatic imine (C=N–C) groups is 1. The molecular formula is C19H12FN3OS. The minimum Gasteiger partial charge on any atom is -0.300 e. The van der Waals surface area contributed by atoms with Crippen LogP contribution >= 0.6 is 11.8 Å². The van der Waals surface area contributed by atoms with Gasteiger partial charge in [0.25, 0.3) is 5.24 Å². The lowest BCUT2D eigenvalue weighted by atomic mass is 10.1. The number of rotatable bonds is 2. The lowest BCUT2D eigenvalue weighted by Gasteiger charge is -2.02. The van der Waals surface area contributed by atoms with Gasteiger partial charge in [-0.25, -0.2) is 9.38 Å². The van der Waals surface area contributed by atoms with Crippen molar-refractivity contribution in [1.82, 2.24) is 10.3 Å². The Bertz CT molecular complexity index is 1030. The van der Waals surface area contributed by atoms with Crippen molar-refractivity contribution in [2.75, 3.05) is 0 Å². The van der Waals surface area contributed by atoms with Crippen molar-refractivity contribution in [3.63, 3.8) is 0 Å². The number of benzene rings is 2. The Morgan fingerprint density at radius 2 is 1.96 bits per heavy atom. The fourth-order valence-electron chi connectivity index (χ4n) is 2.49. The van der Waals surface area contributed by atoms with E-state index in [1.54, 1.807) is 18.3 Å². The number of amidine groups is 1. The first kappa shape index (κ1) is 15.5. The average molecular weight is 349 g/mol. The lowest BCUT2D eigenvalue weighted by molar-refractivity contribution is 0.265. The predicted octanol–water partition coefficient (Wildman–Crippen LogP) is 4.90. The summed E-state index contributed by atoms with van der Waals surface area (Å²) >= 11 is 1.09. The summed E-state index contributed by atoms with van der Waals surface area (Å²) in [6.07, 6.45) is 3.65. The minimum absolute atomic E-state index is 0.186. The molecule has 122 valence electrons. The Morgan fingerprint density at radius 3 is 2.80 bits per heavy atom. The molecule has 1 aliphatic heterocycles. The Kier molecular flexibility index (Phi) is 4.03. The highest BCUT2D eigenvalue weighted by Gasteiger charge is 2.23. The van der Waals surface area contributed by atoms with Crippen LogP contribution in [-0.2, 0) is 0 Å². The van der Waals surface area contributed by atoms with Gasteiger partial charge in [-0.2, -0.15) is 0 Å². The smallest absolute Gasteiger partial charge is 0.289 e. The number of aromatic nitrogens is 1. The molecule has 1 amide bonds. The molecule has 0 unspecified atom stereocenters. The normalized spacial score (nSPS) is 17.4. The molecule has 0 aliphatic carbocycles. The van der Waals surface area contributed by atoms with Crippen LogP contribution in [0.4, 0.5) is 14.9 Å². The third kappa shape index (κ3) is 3.44. The summed E-state index contributed by atoms with van der Waals surface area (Å²) in [5.41, 5.74) is 2.44. The number of hydrogen-bond donors (Lipinski definition) is 1. The highest BCUT2D eigenvalue weighted by atomic mass is 32.2. The van der Waals surface area contributed by atoms with Crippen LogP contribution in [0.5, 0.6) is 0 Å². The molecule has 1 aromatic heterocycles. The first-order valence-corrected chi connectivity index (χ1v) is 8.39. The topological polar surface area (TPSA) is 54.4 Å². The number of hydrogen-bond acceptors (Lipinski definition) is 4. The quantitative estimate of drug-likeness (QED) is 0.716. The summed E-state index contributed by atoms with van der Waals surface area (Å²) in [5, 5.41) is 3.56. The number of nitrogens with zero attached hydrogens (tertiary/aromatic N) is 2. The molecule has 6 heteroatoms. The number of amides is 1. The largest absolute Gasteiger partial charge is 0.300 e. The van der Waals surface area contributed by atoms with Crippen molar-refractivity contribution < 1.29 is 9.18 Å². The maximum absolute atomic E-state index is 13.0. The number of carbonyl (C=O) groups is 1. The van der Waals surface area contributed by atoms with Gasteiger partial charge in [-0.15, -0.1) is 0 Å². The van der Waals surface area contributed by atoms with E-state index in [4.69, 9.17) is 0 Å². The van der Waals surface area contributed by atoms with Crippen molar-refractivity contribution in [1.29, 1.82) is 0 Å². The molecule has 25 heavy (non-hydrogen) atoms. The summed E-state index contributed by atoms with van der Waals surface area (Å²) in [6, 6.07) is 15.6. The zero-order chi connectivity index (χ0) is 17.2. The van der Waals surface area contributed by atoms with Crippen LogP contribution in [-0.4, -0.2) is 16.1 Å². The van der Waals surface area contributed by atoms with Crippen LogP contribution in [0.25, 0.3) is 17.0 Å². The number of carbonyl (C=O) groups excluding carboxylic acids is 1. The van der Waals surface area contributed by atoms with E-state index >= 15 is 0 Å². The van der Waals surface area contributed by atoms with Crippen molar-refractivity contribution in [3.05, 3.63) is 77.1 Å². The van der Waals surface area contributed by atoms with E-state index in [1.165, 1.54) is 12.1 Å². The van der Waals surface area contributed by atoms with Crippen molar-refractivity contribution in [2.45, 2.75) is 0 Å². The van der Waals surface area contributed by atoms with Gasteiger partial charge in [0.05, 0.1) is 16.1 Å². The molecule has 0 saturated carbocycles. The molecule has 1 N–H and O–H groups in total. The van der Waals surface area contributed by atoms with Crippen molar-refractivity contribution in [2.24, 2.45) is 4.99 Å². The molecule has 3 aromatic rings. The van der Waals surface area contributed by atoms with Crippen LogP contribution in [0.15, 0.2) is 70.7 Å². The maximum Gasteiger partial charge on any atom is 0.289 e. The van der Waals surface area contributed by atoms with Crippen LogP contribution < -0.4 is 5.32 Å². The van der Waals surface area contributed by atoms with Gasteiger partial charge in [-0.1, -0.05) is 12.1 Å². The number of halogens is 1. The molecule has 4 nitrogen and oxygen atoms in total. The average Bonchev–Trinajstić information content (AvgIpc) is 2.96. The molecule has 4 rings (SSSR count). The van der Waals surface area contributed by atoms with Crippen LogP contribution in [0.1, 0.15) is 5.56 Å². The number of fused-ring (bicyclic) bond motifs is 1. The van der Waals surface area contributed by atoms with Crippen molar-refractivity contribution in [3.8, 4) is 0 Å². The molecule has 1 aliphatic rings. The van der Waals surface area contributed by atoms with Gasteiger partial charge in [-0.3, -0.25) is 9.78 Å². The summed E-state index contributed by atoms with van der Waals surface area (Å²) in [7, 11) is 0. The highest BCUT2D eigenvalue weighted by molar-refractivity contribution is 8.18. The first-order valence-electron chi connectivity index (χ1n) is 7.57. The van der Waals surface area contributed by atoms with Gasteiger partial charge in [0.2, 0.25) is 0 Å². The van der Waals surface area contributed by atoms with Gasteiger partial charge in [-0.05, 0) is 65.9 Å². The zero-order valence-corrected chi connectivity index (χ0v) is 13.8. The van der Waals surface area contributed by atoms with Crippen LogP contribution in [0.3, 0.4) is 0 Å². The van der Waals surface area contributed by atoms with E-state index in [0.29, 0.717) is 11.5 Å². The fourth-order valence-corrected chi connectivity index (χ4v) is 3.23. The molecule has 0 radical (unpaired) electrons. The molecule has 1 saturated heterocycles. The standard InChI is InChI=1S/C19H12FN3OS/c20-14-4-6-15(7-5-14)22-18-17(25-19(24)23-18)11-12-3-8-16-13(10-12)2-1-9-21-16/h1-11H,(H,22,23,24)/b17-11-. The van der Waals surface area contributed by atoms with Gasteiger partial charge in [0.1, 0.15) is 11.7 Å². The second kappa shape index (κ2) is 6.49. The van der Waals surface area contributed by atoms with Gasteiger partial charge < -0.3 is 5.32 Å². The van der Waals surface area contributed by atoms with E-state index in [2.05, 4.69) is 15.3 Å². The second-order valence-corrected chi connectivity index (χ2v) is 6.43. The molecule has 2 aromatic carbocycles. The monoisotopic (exact) mass is 349 g/mol. The Hall–Kier alpha value is -2.99. The Balaban J connectivity index is 1.71. The van der Waals surface area contributed by atoms with E-state index < -0.39 is 0 Å². The van der Waals surface area contributed by atoms with Crippen LogP contribution in [0, 0.1) is 5.82 Å². The molecule has 0 spiro atoms. The Labute approximate surface area is 147 Å².